The highest BCUT2D eigenvalue weighted by atomic mass is 35.5. The quantitative estimate of drug-likeness (QED) is 0.578. The summed E-state index contributed by atoms with van der Waals surface area (Å²) in [5.74, 6) is -0.478. The van der Waals surface area contributed by atoms with E-state index in [-0.39, 0.29) is 24.2 Å². The number of likely N-dealkylation sites (N-methyl/N-ethyl adjacent to an activating group) is 1. The fraction of sp³-hybridized carbons (Fsp3) is 0.560. The van der Waals surface area contributed by atoms with Gasteiger partial charge in [-0.2, -0.15) is 0 Å². The summed E-state index contributed by atoms with van der Waals surface area (Å²) in [6.45, 7) is 12.8. The van der Waals surface area contributed by atoms with E-state index in [2.05, 4.69) is 15.5 Å². The Kier molecular flexibility index (Phi) is 8.66. The van der Waals surface area contributed by atoms with Crippen LogP contribution >= 0.6 is 11.6 Å². The maximum absolute atomic E-state index is 13.2. The molecule has 2 aliphatic rings. The lowest BCUT2D eigenvalue weighted by Gasteiger charge is -2.40. The molecule has 0 bridgehead atoms. The Morgan fingerprint density at radius 3 is 2.37 bits per heavy atom. The molecular weight excluding hydrogens is 470 g/mol. The van der Waals surface area contributed by atoms with Crippen molar-refractivity contribution in [3.05, 3.63) is 46.1 Å². The third-order valence-electron chi connectivity index (χ3n) is 5.98. The molecule has 10 heteroatoms. The van der Waals surface area contributed by atoms with Crippen LogP contribution in [0.15, 0.2) is 35.5 Å². The number of hydrogen-bond donors (Lipinski definition) is 2. The highest BCUT2D eigenvalue weighted by Crippen LogP contribution is 2.35. The van der Waals surface area contributed by atoms with Crippen LogP contribution in [0.2, 0.25) is 5.02 Å². The Morgan fingerprint density at radius 2 is 1.80 bits per heavy atom. The molecule has 2 aliphatic heterocycles. The summed E-state index contributed by atoms with van der Waals surface area (Å²) >= 11 is 6.46. The molecule has 192 valence electrons. The summed E-state index contributed by atoms with van der Waals surface area (Å²) < 4.78 is 5.42. The molecule has 0 radical (unpaired) electrons. The first-order valence-electron chi connectivity index (χ1n) is 12.1. The van der Waals surface area contributed by atoms with Crippen LogP contribution in [-0.2, 0) is 9.53 Å². The third-order valence-corrected chi connectivity index (χ3v) is 6.33. The third kappa shape index (κ3) is 6.46. The van der Waals surface area contributed by atoms with E-state index in [0.717, 1.165) is 0 Å². The van der Waals surface area contributed by atoms with E-state index in [4.69, 9.17) is 16.3 Å². The van der Waals surface area contributed by atoms with Crippen molar-refractivity contribution < 1.29 is 19.1 Å². The number of rotatable bonds is 6. The maximum Gasteiger partial charge on any atom is 0.338 e. The van der Waals surface area contributed by atoms with Gasteiger partial charge in [0, 0.05) is 55.5 Å². The van der Waals surface area contributed by atoms with Gasteiger partial charge >= 0.3 is 18.0 Å². The summed E-state index contributed by atoms with van der Waals surface area (Å²) in [4.78, 5) is 44.4. The van der Waals surface area contributed by atoms with E-state index in [1.54, 1.807) is 34.9 Å². The second kappa shape index (κ2) is 11.3. The molecule has 1 fully saturated rings. The largest absolute Gasteiger partial charge is 0.463 e. The average molecular weight is 506 g/mol. The highest BCUT2D eigenvalue weighted by molar-refractivity contribution is 6.31. The van der Waals surface area contributed by atoms with Crippen molar-refractivity contribution in [2.45, 2.75) is 46.2 Å². The van der Waals surface area contributed by atoms with Crippen molar-refractivity contribution in [3.63, 3.8) is 0 Å². The van der Waals surface area contributed by atoms with Gasteiger partial charge in [0.2, 0.25) is 0 Å². The summed E-state index contributed by atoms with van der Waals surface area (Å²) in [7, 11) is 0. The second-order valence-electron chi connectivity index (χ2n) is 9.67. The number of nitrogens with one attached hydrogen (secondary N) is 2. The molecule has 1 saturated heterocycles. The van der Waals surface area contributed by atoms with Crippen molar-refractivity contribution in [2.75, 3.05) is 45.9 Å². The number of hydrogen-bond acceptors (Lipinski definition) is 5. The van der Waals surface area contributed by atoms with Crippen molar-refractivity contribution in [1.82, 2.24) is 25.3 Å². The zero-order valence-corrected chi connectivity index (χ0v) is 21.9. The predicted molar refractivity (Wildman–Crippen MR) is 135 cm³/mol. The predicted octanol–water partition coefficient (Wildman–Crippen LogP) is 3.37. The van der Waals surface area contributed by atoms with Crippen LogP contribution in [-0.4, -0.2) is 84.1 Å². The smallest absolute Gasteiger partial charge is 0.338 e. The van der Waals surface area contributed by atoms with E-state index >= 15 is 0 Å². The summed E-state index contributed by atoms with van der Waals surface area (Å²) in [6.07, 6.45) is 0. The SMILES string of the molecule is CCOC(=O)C1=C(CN2CCN(C(=O)NC(C)(C)C)CC2)N(CC)C(=O)N[C@H]1c1ccccc1Cl. The fourth-order valence-electron chi connectivity index (χ4n) is 4.32. The van der Waals surface area contributed by atoms with E-state index in [1.807, 2.05) is 33.8 Å². The summed E-state index contributed by atoms with van der Waals surface area (Å²) in [5, 5.41) is 6.40. The van der Waals surface area contributed by atoms with Crippen LogP contribution < -0.4 is 10.6 Å². The van der Waals surface area contributed by atoms with Crippen molar-refractivity contribution in [1.29, 1.82) is 0 Å². The first kappa shape index (κ1) is 26.8. The molecular formula is C25H36ClN5O4. The molecule has 4 amide bonds. The van der Waals surface area contributed by atoms with Gasteiger partial charge in [-0.15, -0.1) is 0 Å². The second-order valence-corrected chi connectivity index (χ2v) is 10.1. The Morgan fingerprint density at radius 1 is 1.14 bits per heavy atom. The lowest BCUT2D eigenvalue weighted by atomic mass is 9.94. The number of carbonyl (C=O) groups is 3. The minimum atomic E-state index is -0.716. The van der Waals surface area contributed by atoms with Crippen LogP contribution in [0.25, 0.3) is 0 Å². The number of amides is 4. The number of esters is 1. The van der Waals surface area contributed by atoms with Gasteiger partial charge in [0.25, 0.3) is 0 Å². The lowest BCUT2D eigenvalue weighted by Crippen LogP contribution is -2.56. The monoisotopic (exact) mass is 505 g/mol. The molecule has 0 unspecified atom stereocenters. The number of halogens is 1. The Hall–Kier alpha value is -2.78. The molecule has 2 heterocycles. The maximum atomic E-state index is 13.2. The minimum absolute atomic E-state index is 0.0883. The van der Waals surface area contributed by atoms with Gasteiger partial charge in [0.15, 0.2) is 0 Å². The van der Waals surface area contributed by atoms with Gasteiger partial charge < -0.3 is 20.3 Å². The molecule has 0 aromatic heterocycles. The van der Waals surface area contributed by atoms with Crippen molar-refractivity contribution in [2.24, 2.45) is 0 Å². The molecule has 0 saturated carbocycles. The summed E-state index contributed by atoms with van der Waals surface area (Å²) in [6, 6.07) is 6.07. The van der Waals surface area contributed by atoms with Crippen LogP contribution in [0.3, 0.4) is 0 Å². The normalized spacial score (nSPS) is 19.5. The minimum Gasteiger partial charge on any atom is -0.463 e. The topological polar surface area (TPSA) is 94.2 Å². The zero-order valence-electron chi connectivity index (χ0n) is 21.2. The molecule has 3 rings (SSSR count). The first-order chi connectivity index (χ1) is 16.6. The average Bonchev–Trinajstić information content (AvgIpc) is 2.78. The van der Waals surface area contributed by atoms with Crippen LogP contribution in [0.4, 0.5) is 9.59 Å². The molecule has 0 aliphatic carbocycles. The molecule has 2 N–H and O–H groups in total. The van der Waals surface area contributed by atoms with E-state index < -0.39 is 12.0 Å². The first-order valence-corrected chi connectivity index (χ1v) is 12.5. The Balaban J connectivity index is 1.90. The molecule has 1 atom stereocenters. The van der Waals surface area contributed by atoms with E-state index in [1.165, 1.54) is 0 Å². The number of carbonyl (C=O) groups excluding carboxylic acids is 3. The standard InChI is InChI=1S/C25H36ClN5O4/c1-6-31-19(16-29-12-14-30(15-13-29)24(34)28-25(3,4)5)20(22(32)35-7-2)21(27-23(31)33)17-10-8-9-11-18(17)26/h8-11,21H,6-7,12-16H2,1-5H3,(H,27,33)(H,28,34)/t21-/m0/s1. The van der Waals surface area contributed by atoms with Gasteiger partial charge in [-0.1, -0.05) is 29.8 Å². The van der Waals surface area contributed by atoms with Gasteiger partial charge in [0.1, 0.15) is 0 Å². The lowest BCUT2D eigenvalue weighted by molar-refractivity contribution is -0.139. The van der Waals surface area contributed by atoms with E-state index in [0.29, 0.717) is 61.1 Å². The van der Waals surface area contributed by atoms with Crippen LogP contribution in [0.1, 0.15) is 46.2 Å². The van der Waals surface area contributed by atoms with Crippen LogP contribution in [0, 0.1) is 0 Å². The van der Waals surface area contributed by atoms with Gasteiger partial charge in [-0.25, -0.2) is 14.4 Å². The van der Waals surface area contributed by atoms with Gasteiger partial charge in [-0.05, 0) is 46.2 Å². The Labute approximate surface area is 212 Å². The molecule has 0 spiro atoms. The van der Waals surface area contributed by atoms with Gasteiger partial charge in [0.05, 0.1) is 18.2 Å². The van der Waals surface area contributed by atoms with E-state index in [9.17, 15) is 14.4 Å². The number of nitrogens with zero attached hydrogens (tertiary/aromatic N) is 3. The fourth-order valence-corrected chi connectivity index (χ4v) is 4.57. The number of urea groups is 2. The number of ether oxygens (including phenoxy) is 1. The molecule has 1 aromatic rings. The van der Waals surface area contributed by atoms with Crippen LogP contribution in [0.5, 0.6) is 0 Å². The molecule has 9 nitrogen and oxygen atoms in total. The Bertz CT molecular complexity index is 982. The van der Waals surface area contributed by atoms with Crippen molar-refractivity contribution >= 4 is 29.6 Å². The number of piperazine rings is 1. The highest BCUT2D eigenvalue weighted by Gasteiger charge is 2.39. The molecule has 35 heavy (non-hydrogen) atoms. The molecule has 1 aromatic carbocycles. The zero-order chi connectivity index (χ0) is 25.8. The number of benzene rings is 1. The summed E-state index contributed by atoms with van der Waals surface area (Å²) in [5.41, 5.74) is 1.32. The van der Waals surface area contributed by atoms with Gasteiger partial charge in [-0.3, -0.25) is 9.80 Å². The van der Waals surface area contributed by atoms with Crippen molar-refractivity contribution in [3.8, 4) is 0 Å².